The van der Waals surface area contributed by atoms with Gasteiger partial charge in [0, 0.05) is 19.6 Å². The number of carboxylic acids is 1. The number of aliphatic carboxylic acids is 1. The molecule has 6 heteroatoms. The maximum atomic E-state index is 12.2. The van der Waals surface area contributed by atoms with Gasteiger partial charge in [-0.15, -0.1) is 0 Å². The van der Waals surface area contributed by atoms with E-state index in [0.717, 1.165) is 19.3 Å². The zero-order chi connectivity index (χ0) is 15.5. The van der Waals surface area contributed by atoms with E-state index in [-0.39, 0.29) is 17.9 Å². The summed E-state index contributed by atoms with van der Waals surface area (Å²) >= 11 is 0. The van der Waals surface area contributed by atoms with Crippen molar-refractivity contribution in [3.05, 3.63) is 0 Å². The van der Waals surface area contributed by atoms with Gasteiger partial charge in [-0.1, -0.05) is 6.42 Å². The van der Waals surface area contributed by atoms with Gasteiger partial charge in [0.05, 0.1) is 11.5 Å². The summed E-state index contributed by atoms with van der Waals surface area (Å²) < 4.78 is 0. The van der Waals surface area contributed by atoms with Crippen LogP contribution in [0.2, 0.25) is 0 Å². The highest BCUT2D eigenvalue weighted by Gasteiger charge is 2.33. The first-order valence-electron chi connectivity index (χ1n) is 7.87. The van der Waals surface area contributed by atoms with Crippen LogP contribution in [0.25, 0.3) is 0 Å². The van der Waals surface area contributed by atoms with Gasteiger partial charge >= 0.3 is 12.0 Å². The molecule has 6 nitrogen and oxygen atoms in total. The Kier molecular flexibility index (Phi) is 5.08. The molecule has 2 rings (SSSR count). The third-order valence-electron chi connectivity index (χ3n) is 4.84. The summed E-state index contributed by atoms with van der Waals surface area (Å²) in [5.41, 5.74) is -0.686. The molecule has 2 aliphatic rings. The topological polar surface area (TPSA) is 89.9 Å². The average Bonchev–Trinajstić information content (AvgIpc) is 2.80. The van der Waals surface area contributed by atoms with Crippen LogP contribution >= 0.6 is 0 Å². The molecule has 0 radical (unpaired) electrons. The van der Waals surface area contributed by atoms with Gasteiger partial charge < -0.3 is 20.4 Å². The van der Waals surface area contributed by atoms with Gasteiger partial charge in [0.15, 0.2) is 0 Å². The lowest BCUT2D eigenvalue weighted by molar-refractivity contribution is -0.142. The molecule has 3 unspecified atom stereocenters. The van der Waals surface area contributed by atoms with Crippen LogP contribution in [0, 0.1) is 11.8 Å². The van der Waals surface area contributed by atoms with Gasteiger partial charge in [-0.2, -0.15) is 0 Å². The van der Waals surface area contributed by atoms with Gasteiger partial charge in [0.2, 0.25) is 0 Å². The summed E-state index contributed by atoms with van der Waals surface area (Å²) in [7, 11) is 0. The molecular formula is C15H26N2O4. The van der Waals surface area contributed by atoms with Crippen molar-refractivity contribution in [1.82, 2.24) is 10.2 Å². The molecule has 0 aromatic heterocycles. The average molecular weight is 298 g/mol. The fourth-order valence-electron chi connectivity index (χ4n) is 3.40. The first kappa shape index (κ1) is 16.1. The van der Waals surface area contributed by atoms with E-state index in [1.807, 2.05) is 6.92 Å². The molecule has 0 bridgehead atoms. The normalized spacial score (nSPS) is 33.5. The molecule has 2 amide bonds. The second-order valence-corrected chi connectivity index (χ2v) is 6.66. The number of rotatable bonds is 3. The summed E-state index contributed by atoms with van der Waals surface area (Å²) in [6, 6.07) is -0.135. The van der Waals surface area contributed by atoms with Crippen molar-refractivity contribution in [1.29, 1.82) is 0 Å². The SMILES string of the molecule is CC1(O)CCCN(C(=O)NCC2CCCC2C(=O)O)CC1. The number of aliphatic hydroxyl groups is 1. The molecule has 1 saturated carbocycles. The fraction of sp³-hybridized carbons (Fsp3) is 0.867. The van der Waals surface area contributed by atoms with Crippen LogP contribution in [0.4, 0.5) is 4.79 Å². The number of hydrogen-bond acceptors (Lipinski definition) is 3. The maximum Gasteiger partial charge on any atom is 0.317 e. The second kappa shape index (κ2) is 6.64. The quantitative estimate of drug-likeness (QED) is 0.735. The standard InChI is InChI=1S/C15H26N2O4/c1-15(21)6-3-8-17(9-7-15)14(20)16-10-11-4-2-5-12(11)13(18)19/h11-12,21H,2-10H2,1H3,(H,16,20)(H,18,19). The van der Waals surface area contributed by atoms with Crippen LogP contribution in [0.1, 0.15) is 45.4 Å². The molecule has 0 aromatic carbocycles. The zero-order valence-corrected chi connectivity index (χ0v) is 12.7. The molecule has 1 aliphatic carbocycles. The summed E-state index contributed by atoms with van der Waals surface area (Å²) in [5, 5.41) is 22.0. The predicted molar refractivity (Wildman–Crippen MR) is 77.9 cm³/mol. The minimum atomic E-state index is -0.752. The third kappa shape index (κ3) is 4.33. The molecule has 21 heavy (non-hydrogen) atoms. The van der Waals surface area contributed by atoms with Gasteiger partial charge in [-0.3, -0.25) is 4.79 Å². The van der Waals surface area contributed by atoms with Crippen molar-refractivity contribution < 1.29 is 19.8 Å². The van der Waals surface area contributed by atoms with Gasteiger partial charge in [0.1, 0.15) is 0 Å². The smallest absolute Gasteiger partial charge is 0.317 e. The Morgan fingerprint density at radius 1 is 1.24 bits per heavy atom. The lowest BCUT2D eigenvalue weighted by atomic mass is 9.96. The Bertz CT molecular complexity index is 397. The number of nitrogens with zero attached hydrogens (tertiary/aromatic N) is 1. The second-order valence-electron chi connectivity index (χ2n) is 6.66. The zero-order valence-electron chi connectivity index (χ0n) is 12.7. The lowest BCUT2D eigenvalue weighted by Crippen LogP contribution is -2.43. The largest absolute Gasteiger partial charge is 0.481 e. The van der Waals surface area contributed by atoms with Crippen molar-refractivity contribution in [3.63, 3.8) is 0 Å². The van der Waals surface area contributed by atoms with E-state index in [2.05, 4.69) is 5.32 Å². The highest BCUT2D eigenvalue weighted by Crippen LogP contribution is 2.31. The van der Waals surface area contributed by atoms with Crippen molar-refractivity contribution in [2.24, 2.45) is 11.8 Å². The first-order chi connectivity index (χ1) is 9.89. The fourth-order valence-corrected chi connectivity index (χ4v) is 3.40. The number of amides is 2. The Labute approximate surface area is 125 Å². The summed E-state index contributed by atoms with van der Waals surface area (Å²) in [5.74, 6) is -1.03. The number of carbonyl (C=O) groups excluding carboxylic acids is 1. The molecular weight excluding hydrogens is 272 g/mol. The van der Waals surface area contributed by atoms with E-state index in [1.54, 1.807) is 4.90 Å². The summed E-state index contributed by atoms with van der Waals surface area (Å²) in [6.45, 7) is 3.44. The maximum absolute atomic E-state index is 12.2. The van der Waals surface area contributed by atoms with Crippen molar-refractivity contribution in [2.75, 3.05) is 19.6 Å². The third-order valence-corrected chi connectivity index (χ3v) is 4.84. The van der Waals surface area contributed by atoms with Crippen LogP contribution < -0.4 is 5.32 Å². The number of likely N-dealkylation sites (tertiary alicyclic amines) is 1. The first-order valence-corrected chi connectivity index (χ1v) is 7.87. The van der Waals surface area contributed by atoms with Crippen molar-refractivity contribution >= 4 is 12.0 Å². The number of hydrogen-bond donors (Lipinski definition) is 3. The number of nitrogens with one attached hydrogen (secondary N) is 1. The van der Waals surface area contributed by atoms with E-state index >= 15 is 0 Å². The van der Waals surface area contributed by atoms with E-state index in [9.17, 15) is 14.7 Å². The molecule has 0 aromatic rings. The number of carbonyl (C=O) groups is 2. The van der Waals surface area contributed by atoms with E-state index in [0.29, 0.717) is 38.9 Å². The van der Waals surface area contributed by atoms with Gasteiger partial charge in [-0.05, 0) is 44.9 Å². The van der Waals surface area contributed by atoms with Crippen LogP contribution in [0.5, 0.6) is 0 Å². The monoisotopic (exact) mass is 298 g/mol. The van der Waals surface area contributed by atoms with Crippen molar-refractivity contribution in [3.8, 4) is 0 Å². The summed E-state index contributed by atoms with van der Waals surface area (Å²) in [6.07, 6.45) is 4.59. The van der Waals surface area contributed by atoms with Crippen LogP contribution in [-0.2, 0) is 4.79 Å². The molecule has 1 saturated heterocycles. The molecule has 2 fully saturated rings. The Hall–Kier alpha value is -1.30. The molecule has 3 N–H and O–H groups in total. The predicted octanol–water partition coefficient (Wildman–Crippen LogP) is 1.43. The van der Waals surface area contributed by atoms with E-state index < -0.39 is 11.6 Å². The minimum absolute atomic E-state index is 0.0431. The summed E-state index contributed by atoms with van der Waals surface area (Å²) in [4.78, 5) is 25.0. The van der Waals surface area contributed by atoms with Crippen LogP contribution in [0.3, 0.4) is 0 Å². The highest BCUT2D eigenvalue weighted by molar-refractivity contribution is 5.74. The highest BCUT2D eigenvalue weighted by atomic mass is 16.4. The number of carboxylic acid groups (broad SMARTS) is 1. The van der Waals surface area contributed by atoms with Gasteiger partial charge in [0.25, 0.3) is 0 Å². The molecule has 120 valence electrons. The van der Waals surface area contributed by atoms with Crippen LogP contribution in [0.15, 0.2) is 0 Å². The molecule has 1 aliphatic heterocycles. The van der Waals surface area contributed by atoms with E-state index in [4.69, 9.17) is 5.11 Å². The Morgan fingerprint density at radius 3 is 2.71 bits per heavy atom. The molecule has 1 heterocycles. The van der Waals surface area contributed by atoms with E-state index in [1.165, 1.54) is 0 Å². The lowest BCUT2D eigenvalue weighted by Gasteiger charge is -2.24. The minimum Gasteiger partial charge on any atom is -0.481 e. The Morgan fingerprint density at radius 2 is 2.00 bits per heavy atom. The number of urea groups is 1. The molecule has 0 spiro atoms. The van der Waals surface area contributed by atoms with Gasteiger partial charge in [-0.25, -0.2) is 4.79 Å². The van der Waals surface area contributed by atoms with Crippen molar-refractivity contribution in [2.45, 2.75) is 51.0 Å². The Balaban J connectivity index is 1.80. The molecule has 3 atom stereocenters. The van der Waals surface area contributed by atoms with Crippen LogP contribution in [-0.4, -0.2) is 52.3 Å².